The lowest BCUT2D eigenvalue weighted by Gasteiger charge is -2.26. The molecule has 1 aliphatic rings. The molecule has 2 unspecified atom stereocenters. The normalized spacial score (nSPS) is 24.9. The third kappa shape index (κ3) is 1.81. The van der Waals surface area contributed by atoms with E-state index in [1.807, 2.05) is 11.6 Å². The van der Waals surface area contributed by atoms with Gasteiger partial charge in [0.25, 0.3) is 0 Å². The average Bonchev–Trinajstić information content (AvgIpc) is 2.65. The second-order valence-electron chi connectivity index (χ2n) is 3.85. The van der Waals surface area contributed by atoms with Crippen LogP contribution in [0.5, 0.6) is 0 Å². The molecule has 1 aromatic heterocycles. The predicted molar refractivity (Wildman–Crippen MR) is 51.7 cm³/mol. The van der Waals surface area contributed by atoms with Crippen LogP contribution in [0.15, 0.2) is 12.5 Å². The maximum absolute atomic E-state index is 10.1. The highest BCUT2D eigenvalue weighted by atomic mass is 16.5. The van der Waals surface area contributed by atoms with E-state index < -0.39 is 6.10 Å². The Morgan fingerprint density at radius 3 is 3.14 bits per heavy atom. The van der Waals surface area contributed by atoms with Crippen LogP contribution in [-0.2, 0) is 11.8 Å². The second-order valence-corrected chi connectivity index (χ2v) is 3.85. The molecule has 1 N–H and O–H groups in total. The van der Waals surface area contributed by atoms with Crippen molar-refractivity contribution >= 4 is 0 Å². The number of hydrogen-bond donors (Lipinski definition) is 1. The molecule has 78 valence electrons. The molecule has 0 saturated carbocycles. The molecular weight excluding hydrogens is 180 g/mol. The van der Waals surface area contributed by atoms with Gasteiger partial charge in [-0.1, -0.05) is 0 Å². The second kappa shape index (κ2) is 4.11. The highest BCUT2D eigenvalue weighted by Crippen LogP contribution is 2.27. The fourth-order valence-electron chi connectivity index (χ4n) is 1.91. The van der Waals surface area contributed by atoms with Crippen molar-refractivity contribution in [2.45, 2.75) is 18.9 Å². The number of nitrogens with zero attached hydrogens (tertiary/aromatic N) is 2. The fourth-order valence-corrected chi connectivity index (χ4v) is 1.91. The Hall–Kier alpha value is -0.870. The molecule has 0 spiro atoms. The number of rotatable bonds is 2. The zero-order chi connectivity index (χ0) is 9.97. The minimum Gasteiger partial charge on any atom is -0.386 e. The number of imidazole rings is 1. The van der Waals surface area contributed by atoms with Crippen LogP contribution < -0.4 is 0 Å². The van der Waals surface area contributed by atoms with Gasteiger partial charge < -0.3 is 14.4 Å². The number of aromatic nitrogens is 2. The molecule has 2 heterocycles. The van der Waals surface area contributed by atoms with Gasteiger partial charge in [-0.05, 0) is 12.8 Å². The van der Waals surface area contributed by atoms with Crippen molar-refractivity contribution in [3.63, 3.8) is 0 Å². The zero-order valence-corrected chi connectivity index (χ0v) is 8.39. The summed E-state index contributed by atoms with van der Waals surface area (Å²) in [6.07, 6.45) is 5.07. The number of aliphatic hydroxyl groups excluding tert-OH is 1. The molecule has 4 heteroatoms. The van der Waals surface area contributed by atoms with Gasteiger partial charge in [-0.2, -0.15) is 0 Å². The molecule has 0 aliphatic carbocycles. The van der Waals surface area contributed by atoms with E-state index in [1.54, 1.807) is 12.5 Å². The van der Waals surface area contributed by atoms with Crippen LogP contribution in [0, 0.1) is 5.92 Å². The summed E-state index contributed by atoms with van der Waals surface area (Å²) in [6, 6.07) is 0. The Morgan fingerprint density at radius 1 is 1.71 bits per heavy atom. The molecule has 14 heavy (non-hydrogen) atoms. The molecule has 1 fully saturated rings. The van der Waals surface area contributed by atoms with E-state index in [1.165, 1.54) is 0 Å². The standard InChI is InChI=1S/C10H16N2O2/c1-12-7-11-5-9(12)10(13)8-3-2-4-14-6-8/h5,7-8,10,13H,2-4,6H2,1H3. The molecule has 1 aliphatic heterocycles. The van der Waals surface area contributed by atoms with Gasteiger partial charge in [-0.3, -0.25) is 0 Å². The van der Waals surface area contributed by atoms with Gasteiger partial charge in [-0.15, -0.1) is 0 Å². The number of hydrogen-bond acceptors (Lipinski definition) is 3. The van der Waals surface area contributed by atoms with Crippen LogP contribution in [0.4, 0.5) is 0 Å². The van der Waals surface area contributed by atoms with Crippen molar-refractivity contribution < 1.29 is 9.84 Å². The average molecular weight is 196 g/mol. The first-order valence-electron chi connectivity index (χ1n) is 5.01. The highest BCUT2D eigenvalue weighted by molar-refractivity contribution is 5.03. The molecule has 1 aromatic rings. The van der Waals surface area contributed by atoms with Gasteiger partial charge in [0.2, 0.25) is 0 Å². The minimum absolute atomic E-state index is 0.221. The Bertz CT molecular complexity index is 292. The van der Waals surface area contributed by atoms with E-state index in [9.17, 15) is 5.11 Å². The predicted octanol–water partition coefficient (Wildman–Crippen LogP) is 0.880. The van der Waals surface area contributed by atoms with E-state index in [4.69, 9.17) is 4.74 Å². The van der Waals surface area contributed by atoms with Gasteiger partial charge in [0.05, 0.1) is 24.8 Å². The largest absolute Gasteiger partial charge is 0.386 e. The van der Waals surface area contributed by atoms with E-state index in [0.717, 1.165) is 25.1 Å². The van der Waals surface area contributed by atoms with Crippen molar-refractivity contribution in [1.29, 1.82) is 0 Å². The summed E-state index contributed by atoms with van der Waals surface area (Å²) in [5.74, 6) is 0.221. The summed E-state index contributed by atoms with van der Waals surface area (Å²) in [7, 11) is 1.90. The zero-order valence-electron chi connectivity index (χ0n) is 8.39. The maximum Gasteiger partial charge on any atom is 0.101 e. The minimum atomic E-state index is -0.442. The summed E-state index contributed by atoms with van der Waals surface area (Å²) in [5, 5.41) is 10.1. The van der Waals surface area contributed by atoms with Crippen LogP contribution >= 0.6 is 0 Å². The van der Waals surface area contributed by atoms with Crippen LogP contribution in [0.2, 0.25) is 0 Å². The first kappa shape index (κ1) is 9.68. The van der Waals surface area contributed by atoms with E-state index in [2.05, 4.69) is 4.98 Å². The van der Waals surface area contributed by atoms with Crippen molar-refractivity contribution in [1.82, 2.24) is 9.55 Å². The van der Waals surface area contributed by atoms with Gasteiger partial charge in [0.15, 0.2) is 0 Å². The van der Waals surface area contributed by atoms with Gasteiger partial charge in [-0.25, -0.2) is 4.98 Å². The van der Waals surface area contributed by atoms with Crippen LogP contribution in [0.3, 0.4) is 0 Å². The van der Waals surface area contributed by atoms with Crippen LogP contribution in [0.25, 0.3) is 0 Å². The van der Waals surface area contributed by atoms with Crippen LogP contribution in [-0.4, -0.2) is 27.9 Å². The summed E-state index contributed by atoms with van der Waals surface area (Å²) < 4.78 is 7.21. The summed E-state index contributed by atoms with van der Waals surface area (Å²) in [6.45, 7) is 1.49. The molecule has 1 saturated heterocycles. The fraction of sp³-hybridized carbons (Fsp3) is 0.700. The van der Waals surface area contributed by atoms with Crippen molar-refractivity contribution in [2.24, 2.45) is 13.0 Å². The summed E-state index contributed by atoms with van der Waals surface area (Å²) in [5.41, 5.74) is 0.875. The number of aryl methyl sites for hydroxylation is 1. The third-order valence-corrected chi connectivity index (χ3v) is 2.80. The lowest BCUT2D eigenvalue weighted by molar-refractivity contribution is -0.0125. The first-order chi connectivity index (χ1) is 6.79. The van der Waals surface area contributed by atoms with Gasteiger partial charge >= 0.3 is 0 Å². The highest BCUT2D eigenvalue weighted by Gasteiger charge is 2.25. The molecule has 2 rings (SSSR count). The molecule has 4 nitrogen and oxygen atoms in total. The monoisotopic (exact) mass is 196 g/mol. The van der Waals surface area contributed by atoms with Crippen molar-refractivity contribution in [3.05, 3.63) is 18.2 Å². The van der Waals surface area contributed by atoms with E-state index in [0.29, 0.717) is 6.61 Å². The number of ether oxygens (including phenoxy) is 1. The molecule has 0 bridgehead atoms. The quantitative estimate of drug-likeness (QED) is 0.763. The van der Waals surface area contributed by atoms with E-state index in [-0.39, 0.29) is 5.92 Å². The molecule has 0 aromatic carbocycles. The molecular formula is C10H16N2O2. The smallest absolute Gasteiger partial charge is 0.101 e. The lowest BCUT2D eigenvalue weighted by Crippen LogP contribution is -2.24. The third-order valence-electron chi connectivity index (χ3n) is 2.80. The van der Waals surface area contributed by atoms with Gasteiger partial charge in [0, 0.05) is 19.6 Å². The Balaban J connectivity index is 2.07. The van der Waals surface area contributed by atoms with Gasteiger partial charge in [0.1, 0.15) is 6.10 Å². The Labute approximate surface area is 83.5 Å². The first-order valence-corrected chi connectivity index (χ1v) is 5.01. The van der Waals surface area contributed by atoms with E-state index >= 15 is 0 Å². The summed E-state index contributed by atoms with van der Waals surface area (Å²) >= 11 is 0. The molecule has 0 amide bonds. The Kier molecular flexibility index (Phi) is 2.84. The molecule has 2 atom stereocenters. The number of aliphatic hydroxyl groups is 1. The maximum atomic E-state index is 10.1. The van der Waals surface area contributed by atoms with Crippen LogP contribution in [0.1, 0.15) is 24.6 Å². The summed E-state index contributed by atoms with van der Waals surface area (Å²) in [4.78, 5) is 4.00. The lowest BCUT2D eigenvalue weighted by atomic mass is 9.94. The van der Waals surface area contributed by atoms with Crippen molar-refractivity contribution in [3.8, 4) is 0 Å². The SMILES string of the molecule is Cn1cncc1C(O)C1CCCOC1. The van der Waals surface area contributed by atoms with Crippen molar-refractivity contribution in [2.75, 3.05) is 13.2 Å². The Morgan fingerprint density at radius 2 is 2.57 bits per heavy atom. The molecule has 0 radical (unpaired) electrons. The topological polar surface area (TPSA) is 47.3 Å².